The molecule has 0 atom stereocenters. The van der Waals surface area contributed by atoms with Crippen molar-refractivity contribution in [2.45, 2.75) is 18.7 Å². The van der Waals surface area contributed by atoms with Crippen LogP contribution in [0.3, 0.4) is 0 Å². The fraction of sp³-hybridized carbons (Fsp3) is 0.300. The van der Waals surface area contributed by atoms with Gasteiger partial charge in [-0.05, 0) is 25.5 Å². The van der Waals surface area contributed by atoms with Crippen LogP contribution in [-0.4, -0.2) is 11.7 Å². The summed E-state index contributed by atoms with van der Waals surface area (Å²) in [6.45, 7) is 4.06. The van der Waals surface area contributed by atoms with Gasteiger partial charge in [0.25, 0.3) is 0 Å². The molecule has 3 nitrogen and oxygen atoms in total. The Morgan fingerprint density at radius 2 is 2.21 bits per heavy atom. The SMILES string of the molecule is Cc1ccc(C)c(SCC(=O)NN)c1. The maximum atomic E-state index is 10.9. The van der Waals surface area contributed by atoms with Crippen LogP contribution in [0, 0.1) is 13.8 Å². The number of carbonyl (C=O) groups is 1. The predicted octanol–water partition coefficient (Wildman–Crippen LogP) is 1.39. The van der Waals surface area contributed by atoms with Gasteiger partial charge in [-0.25, -0.2) is 5.84 Å². The Morgan fingerprint density at radius 1 is 1.50 bits per heavy atom. The van der Waals surface area contributed by atoms with Gasteiger partial charge in [-0.1, -0.05) is 17.7 Å². The molecule has 0 aliphatic rings. The summed E-state index contributed by atoms with van der Waals surface area (Å²) in [5.74, 6) is 5.20. The summed E-state index contributed by atoms with van der Waals surface area (Å²) in [4.78, 5) is 12.1. The first-order valence-corrected chi connectivity index (χ1v) is 5.31. The first-order chi connectivity index (χ1) is 6.63. The highest BCUT2D eigenvalue weighted by molar-refractivity contribution is 8.00. The zero-order valence-corrected chi connectivity index (χ0v) is 9.15. The first kappa shape index (κ1) is 11.1. The Morgan fingerprint density at radius 3 is 2.86 bits per heavy atom. The zero-order valence-electron chi connectivity index (χ0n) is 8.33. The smallest absolute Gasteiger partial charge is 0.244 e. The molecule has 14 heavy (non-hydrogen) atoms. The molecule has 4 heteroatoms. The van der Waals surface area contributed by atoms with Crippen LogP contribution in [-0.2, 0) is 4.79 Å². The van der Waals surface area contributed by atoms with Crippen molar-refractivity contribution in [3.63, 3.8) is 0 Å². The van der Waals surface area contributed by atoms with Gasteiger partial charge in [0.05, 0.1) is 5.75 Å². The van der Waals surface area contributed by atoms with Crippen molar-refractivity contribution in [2.24, 2.45) is 5.84 Å². The number of hydrazine groups is 1. The molecule has 0 unspecified atom stereocenters. The van der Waals surface area contributed by atoms with Gasteiger partial charge in [-0.2, -0.15) is 0 Å². The Balaban J connectivity index is 2.66. The molecule has 1 rings (SSSR count). The highest BCUT2D eigenvalue weighted by Crippen LogP contribution is 2.22. The van der Waals surface area contributed by atoms with Crippen LogP contribution in [0.5, 0.6) is 0 Å². The largest absolute Gasteiger partial charge is 0.294 e. The van der Waals surface area contributed by atoms with Gasteiger partial charge in [-0.15, -0.1) is 11.8 Å². The number of thioether (sulfide) groups is 1. The molecule has 0 bridgehead atoms. The number of nitrogens with two attached hydrogens (primary N) is 1. The topological polar surface area (TPSA) is 55.1 Å². The summed E-state index contributed by atoms with van der Waals surface area (Å²) in [5.41, 5.74) is 4.50. The van der Waals surface area contributed by atoms with Crippen LogP contribution in [0.25, 0.3) is 0 Å². The highest BCUT2D eigenvalue weighted by atomic mass is 32.2. The van der Waals surface area contributed by atoms with Crippen molar-refractivity contribution in [2.75, 3.05) is 5.75 Å². The van der Waals surface area contributed by atoms with Gasteiger partial charge in [0.15, 0.2) is 0 Å². The molecule has 1 aromatic rings. The molecule has 76 valence electrons. The van der Waals surface area contributed by atoms with Crippen molar-refractivity contribution in [1.82, 2.24) is 5.43 Å². The molecule has 0 fully saturated rings. The summed E-state index contributed by atoms with van der Waals surface area (Å²) in [7, 11) is 0. The summed E-state index contributed by atoms with van der Waals surface area (Å²) in [6, 6.07) is 6.18. The van der Waals surface area contributed by atoms with Gasteiger partial charge in [0, 0.05) is 4.90 Å². The normalized spacial score (nSPS) is 9.93. The van der Waals surface area contributed by atoms with Crippen molar-refractivity contribution in [3.05, 3.63) is 29.3 Å². The van der Waals surface area contributed by atoms with Crippen LogP contribution in [0.1, 0.15) is 11.1 Å². The van der Waals surface area contributed by atoms with E-state index in [-0.39, 0.29) is 5.91 Å². The standard InChI is InChI=1S/C10H14N2OS/c1-7-3-4-8(2)9(5-7)14-6-10(13)12-11/h3-5H,6,11H2,1-2H3,(H,12,13). The lowest BCUT2D eigenvalue weighted by Crippen LogP contribution is -2.31. The minimum absolute atomic E-state index is 0.157. The summed E-state index contributed by atoms with van der Waals surface area (Å²) >= 11 is 1.50. The van der Waals surface area contributed by atoms with Crippen molar-refractivity contribution in [1.29, 1.82) is 0 Å². The van der Waals surface area contributed by atoms with E-state index in [2.05, 4.69) is 23.6 Å². The third-order valence-electron chi connectivity index (χ3n) is 1.86. The van der Waals surface area contributed by atoms with Crippen LogP contribution in [0.2, 0.25) is 0 Å². The van der Waals surface area contributed by atoms with Crippen LogP contribution in [0.15, 0.2) is 23.1 Å². The monoisotopic (exact) mass is 210 g/mol. The van der Waals surface area contributed by atoms with E-state index in [1.807, 2.05) is 13.8 Å². The molecule has 0 spiro atoms. The lowest BCUT2D eigenvalue weighted by atomic mass is 10.2. The van der Waals surface area contributed by atoms with Crippen molar-refractivity contribution in [3.8, 4) is 0 Å². The van der Waals surface area contributed by atoms with Gasteiger partial charge in [0.2, 0.25) is 5.91 Å². The van der Waals surface area contributed by atoms with Crippen molar-refractivity contribution >= 4 is 17.7 Å². The Labute approximate surface area is 88.0 Å². The Kier molecular flexibility index (Phi) is 3.98. The first-order valence-electron chi connectivity index (χ1n) is 4.33. The number of rotatable bonds is 3. The predicted molar refractivity (Wildman–Crippen MR) is 59.0 cm³/mol. The molecule has 0 saturated heterocycles. The van der Waals surface area contributed by atoms with Crippen LogP contribution in [0.4, 0.5) is 0 Å². The molecule has 0 aliphatic carbocycles. The fourth-order valence-electron chi connectivity index (χ4n) is 1.05. The summed E-state index contributed by atoms with van der Waals surface area (Å²) in [6.07, 6.45) is 0. The lowest BCUT2D eigenvalue weighted by Gasteiger charge is -2.05. The Bertz CT molecular complexity index is 339. The minimum Gasteiger partial charge on any atom is -0.294 e. The van der Waals surface area contributed by atoms with Crippen LogP contribution < -0.4 is 11.3 Å². The number of hydrogen-bond donors (Lipinski definition) is 2. The lowest BCUT2D eigenvalue weighted by molar-refractivity contribution is -0.118. The maximum Gasteiger partial charge on any atom is 0.244 e. The highest BCUT2D eigenvalue weighted by Gasteiger charge is 2.03. The van der Waals surface area contributed by atoms with E-state index < -0.39 is 0 Å². The average molecular weight is 210 g/mol. The summed E-state index contributed by atoms with van der Waals surface area (Å²) in [5, 5.41) is 0. The number of carbonyl (C=O) groups excluding carboxylic acids is 1. The summed E-state index contributed by atoms with van der Waals surface area (Å²) < 4.78 is 0. The third kappa shape index (κ3) is 3.05. The van der Waals surface area contributed by atoms with E-state index >= 15 is 0 Å². The molecule has 1 aromatic carbocycles. The average Bonchev–Trinajstić information content (AvgIpc) is 2.19. The van der Waals surface area contributed by atoms with Crippen molar-refractivity contribution < 1.29 is 4.79 Å². The number of amides is 1. The van der Waals surface area contributed by atoms with E-state index in [4.69, 9.17) is 5.84 Å². The Hall–Kier alpha value is -1.00. The molecule has 0 aliphatic heterocycles. The molecule has 0 aromatic heterocycles. The van der Waals surface area contributed by atoms with E-state index in [0.717, 1.165) is 4.90 Å². The number of nitrogens with one attached hydrogen (secondary N) is 1. The molecular formula is C10H14N2OS. The van der Waals surface area contributed by atoms with Gasteiger partial charge in [0.1, 0.15) is 0 Å². The van der Waals surface area contributed by atoms with E-state index in [1.54, 1.807) is 0 Å². The number of aryl methyl sites for hydroxylation is 2. The van der Waals surface area contributed by atoms with Crippen LogP contribution >= 0.6 is 11.8 Å². The second kappa shape index (κ2) is 5.02. The molecule has 0 saturated carbocycles. The van der Waals surface area contributed by atoms with Gasteiger partial charge in [-0.3, -0.25) is 10.2 Å². The van der Waals surface area contributed by atoms with Gasteiger partial charge >= 0.3 is 0 Å². The maximum absolute atomic E-state index is 10.9. The van der Waals surface area contributed by atoms with E-state index in [9.17, 15) is 4.79 Å². The fourth-order valence-corrected chi connectivity index (χ4v) is 1.98. The van der Waals surface area contributed by atoms with Gasteiger partial charge < -0.3 is 0 Å². The second-order valence-corrected chi connectivity index (χ2v) is 4.14. The number of benzene rings is 1. The number of hydrogen-bond acceptors (Lipinski definition) is 3. The molecule has 0 heterocycles. The van der Waals surface area contributed by atoms with E-state index in [0.29, 0.717) is 5.75 Å². The molecule has 0 radical (unpaired) electrons. The quantitative estimate of drug-likeness (QED) is 0.343. The molecule has 3 N–H and O–H groups in total. The minimum atomic E-state index is -0.157. The van der Waals surface area contributed by atoms with E-state index in [1.165, 1.54) is 22.9 Å². The molecular weight excluding hydrogens is 196 g/mol. The third-order valence-corrected chi connectivity index (χ3v) is 3.02. The molecule has 1 amide bonds. The second-order valence-electron chi connectivity index (χ2n) is 3.13. The zero-order chi connectivity index (χ0) is 10.6.